The van der Waals surface area contributed by atoms with Gasteiger partial charge in [-0.1, -0.05) is 12.0 Å². The summed E-state index contributed by atoms with van der Waals surface area (Å²) in [5, 5.41) is 12.5. The molecule has 1 aromatic carbocycles. The van der Waals surface area contributed by atoms with E-state index in [4.69, 9.17) is 6.42 Å². The lowest BCUT2D eigenvalue weighted by atomic mass is 10.1. The maximum Gasteiger partial charge on any atom is 0.159 e. The van der Waals surface area contributed by atoms with Crippen molar-refractivity contribution in [3.8, 4) is 12.3 Å². The van der Waals surface area contributed by atoms with Gasteiger partial charge in [0.15, 0.2) is 11.6 Å². The van der Waals surface area contributed by atoms with E-state index in [2.05, 4.69) is 11.2 Å². The highest BCUT2D eigenvalue weighted by molar-refractivity contribution is 5.20. The maximum absolute atomic E-state index is 12.9. The summed E-state index contributed by atoms with van der Waals surface area (Å²) < 4.78 is 25.5. The molecule has 0 heterocycles. The molecule has 2 atom stereocenters. The van der Waals surface area contributed by atoms with E-state index in [0.717, 1.165) is 12.1 Å². The summed E-state index contributed by atoms with van der Waals surface area (Å²) in [6.45, 7) is 1.95. The summed E-state index contributed by atoms with van der Waals surface area (Å²) in [7, 11) is 0. The van der Waals surface area contributed by atoms with Crippen molar-refractivity contribution >= 4 is 0 Å². The topological polar surface area (TPSA) is 32.3 Å². The molecular weight excluding hydrogens is 212 g/mol. The van der Waals surface area contributed by atoms with Gasteiger partial charge < -0.3 is 10.4 Å². The van der Waals surface area contributed by atoms with Crippen LogP contribution in [0.5, 0.6) is 0 Å². The fourth-order valence-electron chi connectivity index (χ4n) is 1.18. The fraction of sp³-hybridized carbons (Fsp3) is 0.333. The zero-order chi connectivity index (χ0) is 12.1. The quantitative estimate of drug-likeness (QED) is 0.763. The number of terminal acetylenes is 1. The molecule has 1 rings (SSSR count). The fourth-order valence-corrected chi connectivity index (χ4v) is 1.18. The van der Waals surface area contributed by atoms with Crippen molar-refractivity contribution in [2.45, 2.75) is 19.1 Å². The minimum Gasteiger partial charge on any atom is -0.387 e. The Morgan fingerprint density at radius 1 is 1.44 bits per heavy atom. The van der Waals surface area contributed by atoms with Crippen LogP contribution in [0.1, 0.15) is 18.6 Å². The zero-order valence-electron chi connectivity index (χ0n) is 8.87. The predicted molar refractivity (Wildman–Crippen MR) is 57.6 cm³/mol. The SMILES string of the molecule is C#CC(C)NCC(O)c1ccc(F)c(F)c1. The number of hydrogen-bond donors (Lipinski definition) is 2. The first kappa shape index (κ1) is 12.6. The lowest BCUT2D eigenvalue weighted by Gasteiger charge is -2.14. The van der Waals surface area contributed by atoms with E-state index >= 15 is 0 Å². The number of halogens is 2. The van der Waals surface area contributed by atoms with E-state index in [1.807, 2.05) is 0 Å². The maximum atomic E-state index is 12.9. The lowest BCUT2D eigenvalue weighted by Crippen LogP contribution is -2.29. The van der Waals surface area contributed by atoms with Crippen molar-refractivity contribution in [2.24, 2.45) is 0 Å². The molecule has 0 saturated heterocycles. The lowest BCUT2D eigenvalue weighted by molar-refractivity contribution is 0.172. The molecule has 0 amide bonds. The average Bonchev–Trinajstić information content (AvgIpc) is 2.29. The Hall–Kier alpha value is -1.44. The van der Waals surface area contributed by atoms with Crippen molar-refractivity contribution < 1.29 is 13.9 Å². The summed E-state index contributed by atoms with van der Waals surface area (Å²) in [5.74, 6) is 0.535. The number of aliphatic hydroxyl groups is 1. The highest BCUT2D eigenvalue weighted by atomic mass is 19.2. The van der Waals surface area contributed by atoms with Gasteiger partial charge in [-0.25, -0.2) is 8.78 Å². The third-order valence-electron chi connectivity index (χ3n) is 2.20. The zero-order valence-corrected chi connectivity index (χ0v) is 8.87. The minimum absolute atomic E-state index is 0.181. The Balaban J connectivity index is 2.63. The molecule has 0 fully saturated rings. The van der Waals surface area contributed by atoms with Gasteiger partial charge in [-0.15, -0.1) is 6.42 Å². The molecule has 16 heavy (non-hydrogen) atoms. The molecule has 0 aliphatic heterocycles. The number of rotatable bonds is 4. The average molecular weight is 225 g/mol. The van der Waals surface area contributed by atoms with Gasteiger partial charge in [-0.2, -0.15) is 0 Å². The van der Waals surface area contributed by atoms with Crippen LogP contribution in [0.3, 0.4) is 0 Å². The first-order chi connectivity index (χ1) is 7.54. The Bertz CT molecular complexity index is 400. The van der Waals surface area contributed by atoms with Crippen LogP contribution >= 0.6 is 0 Å². The van der Waals surface area contributed by atoms with Crippen LogP contribution in [-0.4, -0.2) is 17.7 Å². The van der Waals surface area contributed by atoms with Crippen LogP contribution < -0.4 is 5.32 Å². The Labute approximate surface area is 93.3 Å². The van der Waals surface area contributed by atoms with Gasteiger partial charge in [0.1, 0.15) is 0 Å². The normalized spacial score (nSPS) is 14.2. The van der Waals surface area contributed by atoms with E-state index < -0.39 is 17.7 Å². The molecule has 2 nitrogen and oxygen atoms in total. The van der Waals surface area contributed by atoms with Gasteiger partial charge in [0.05, 0.1) is 12.1 Å². The molecule has 0 aromatic heterocycles. The number of benzene rings is 1. The van der Waals surface area contributed by atoms with Gasteiger partial charge in [0.25, 0.3) is 0 Å². The summed E-state index contributed by atoms with van der Waals surface area (Å²) >= 11 is 0. The van der Waals surface area contributed by atoms with E-state index in [1.165, 1.54) is 6.07 Å². The van der Waals surface area contributed by atoms with Crippen LogP contribution in [0.4, 0.5) is 8.78 Å². The Morgan fingerprint density at radius 3 is 2.69 bits per heavy atom. The molecule has 4 heteroatoms. The van der Waals surface area contributed by atoms with Gasteiger partial charge >= 0.3 is 0 Å². The summed E-state index contributed by atoms with van der Waals surface area (Å²) in [6, 6.07) is 3.12. The van der Waals surface area contributed by atoms with Crippen LogP contribution in [0.15, 0.2) is 18.2 Å². The monoisotopic (exact) mass is 225 g/mol. The van der Waals surface area contributed by atoms with Crippen molar-refractivity contribution in [1.29, 1.82) is 0 Å². The van der Waals surface area contributed by atoms with Crippen LogP contribution in [0.2, 0.25) is 0 Å². The van der Waals surface area contributed by atoms with Gasteiger partial charge in [0, 0.05) is 6.54 Å². The summed E-state index contributed by atoms with van der Waals surface area (Å²) in [6.07, 6.45) is 4.23. The van der Waals surface area contributed by atoms with Gasteiger partial charge in [0.2, 0.25) is 0 Å². The van der Waals surface area contributed by atoms with Crippen molar-refractivity contribution in [3.05, 3.63) is 35.4 Å². The molecule has 0 radical (unpaired) electrons. The first-order valence-electron chi connectivity index (χ1n) is 4.87. The molecule has 86 valence electrons. The highest BCUT2D eigenvalue weighted by Gasteiger charge is 2.11. The molecule has 0 spiro atoms. The second kappa shape index (κ2) is 5.59. The van der Waals surface area contributed by atoms with Crippen LogP contribution in [-0.2, 0) is 0 Å². The predicted octanol–water partition coefficient (Wildman–Crippen LogP) is 1.61. The molecule has 2 N–H and O–H groups in total. The molecule has 0 aliphatic rings. The summed E-state index contributed by atoms with van der Waals surface area (Å²) in [4.78, 5) is 0. The van der Waals surface area contributed by atoms with E-state index in [1.54, 1.807) is 6.92 Å². The third-order valence-corrected chi connectivity index (χ3v) is 2.20. The standard InChI is InChI=1S/C12H13F2NO/c1-3-8(2)15-7-12(16)9-4-5-10(13)11(14)6-9/h1,4-6,8,12,15-16H,7H2,2H3. The van der Waals surface area contributed by atoms with E-state index in [-0.39, 0.29) is 12.6 Å². The van der Waals surface area contributed by atoms with Crippen molar-refractivity contribution in [3.63, 3.8) is 0 Å². The Morgan fingerprint density at radius 2 is 2.12 bits per heavy atom. The smallest absolute Gasteiger partial charge is 0.159 e. The number of aliphatic hydroxyl groups excluding tert-OH is 1. The molecule has 2 unspecified atom stereocenters. The summed E-state index contributed by atoms with van der Waals surface area (Å²) in [5.41, 5.74) is 0.315. The van der Waals surface area contributed by atoms with Gasteiger partial charge in [-0.05, 0) is 24.6 Å². The second-order valence-electron chi connectivity index (χ2n) is 3.49. The molecule has 0 bridgehead atoms. The molecular formula is C12H13F2NO. The molecule has 0 saturated carbocycles. The number of nitrogens with one attached hydrogen (secondary N) is 1. The third kappa shape index (κ3) is 3.30. The number of hydrogen-bond acceptors (Lipinski definition) is 2. The van der Waals surface area contributed by atoms with Crippen LogP contribution in [0, 0.1) is 24.0 Å². The van der Waals surface area contributed by atoms with Crippen molar-refractivity contribution in [2.75, 3.05) is 6.54 Å². The van der Waals surface area contributed by atoms with Gasteiger partial charge in [-0.3, -0.25) is 0 Å². The van der Waals surface area contributed by atoms with E-state index in [9.17, 15) is 13.9 Å². The molecule has 0 aliphatic carbocycles. The Kier molecular flexibility index (Phi) is 4.41. The first-order valence-corrected chi connectivity index (χ1v) is 4.87. The van der Waals surface area contributed by atoms with Crippen LogP contribution in [0.25, 0.3) is 0 Å². The minimum atomic E-state index is -0.971. The van der Waals surface area contributed by atoms with E-state index in [0.29, 0.717) is 5.56 Å². The highest BCUT2D eigenvalue weighted by Crippen LogP contribution is 2.15. The van der Waals surface area contributed by atoms with Crippen molar-refractivity contribution in [1.82, 2.24) is 5.32 Å². The largest absolute Gasteiger partial charge is 0.387 e. The molecule has 1 aromatic rings. The second-order valence-corrected chi connectivity index (χ2v) is 3.49.